The predicted molar refractivity (Wildman–Crippen MR) is 91.8 cm³/mol. The highest BCUT2D eigenvalue weighted by atomic mass is 32.1. The molecule has 2 aliphatic heterocycles. The second kappa shape index (κ2) is 6.84. The van der Waals surface area contributed by atoms with Crippen LogP contribution in [0, 0.1) is 17.6 Å². The van der Waals surface area contributed by atoms with Gasteiger partial charge in [-0.05, 0) is 25.3 Å². The van der Waals surface area contributed by atoms with Gasteiger partial charge in [-0.15, -0.1) is 0 Å². The van der Waals surface area contributed by atoms with E-state index in [1.165, 1.54) is 17.4 Å². The molecule has 2 aliphatic rings. The zero-order valence-corrected chi connectivity index (χ0v) is 14.5. The fraction of sp³-hybridized carbons (Fsp3) is 0.529. The van der Waals surface area contributed by atoms with Crippen molar-refractivity contribution in [2.45, 2.75) is 25.3 Å². The lowest BCUT2D eigenvalue weighted by molar-refractivity contribution is -0.125. The van der Waals surface area contributed by atoms with E-state index in [1.807, 2.05) is 4.90 Å². The molecular formula is C17H19F2N3O2S. The Morgan fingerprint density at radius 1 is 1.28 bits per heavy atom. The average molecular weight is 367 g/mol. The molecule has 5 nitrogen and oxygen atoms in total. The van der Waals surface area contributed by atoms with Gasteiger partial charge in [0.05, 0.1) is 10.6 Å². The molecule has 1 atom stereocenters. The van der Waals surface area contributed by atoms with Gasteiger partial charge in [0.2, 0.25) is 5.91 Å². The minimum atomic E-state index is -0.648. The van der Waals surface area contributed by atoms with Crippen LogP contribution >= 0.6 is 11.3 Å². The number of thiazole rings is 1. The van der Waals surface area contributed by atoms with Crippen LogP contribution in [0.5, 0.6) is 0 Å². The number of anilines is 1. The number of hydrogen-bond acceptors (Lipinski definition) is 5. The molecule has 3 heterocycles. The van der Waals surface area contributed by atoms with Gasteiger partial charge in [0.25, 0.3) is 0 Å². The first-order valence-electron chi connectivity index (χ1n) is 8.49. The van der Waals surface area contributed by atoms with E-state index in [0.29, 0.717) is 36.1 Å². The number of rotatable bonds is 3. The van der Waals surface area contributed by atoms with Crippen molar-refractivity contribution < 1.29 is 18.3 Å². The molecule has 134 valence electrons. The molecule has 1 aromatic heterocycles. The van der Waals surface area contributed by atoms with Gasteiger partial charge in [-0.3, -0.25) is 4.79 Å². The van der Waals surface area contributed by atoms with Crippen LogP contribution in [0.15, 0.2) is 12.1 Å². The van der Waals surface area contributed by atoms with E-state index >= 15 is 0 Å². The number of hydrogen-bond donors (Lipinski definition) is 1. The van der Waals surface area contributed by atoms with Crippen molar-refractivity contribution in [3.05, 3.63) is 23.8 Å². The van der Waals surface area contributed by atoms with Crippen LogP contribution in [0.25, 0.3) is 10.2 Å². The molecule has 2 fully saturated rings. The normalized spacial score (nSPS) is 21.8. The van der Waals surface area contributed by atoms with Crippen molar-refractivity contribution in [2.75, 3.05) is 31.2 Å². The van der Waals surface area contributed by atoms with Crippen LogP contribution in [0.1, 0.15) is 19.3 Å². The smallest absolute Gasteiger partial charge is 0.225 e. The Morgan fingerprint density at radius 3 is 2.88 bits per heavy atom. The monoisotopic (exact) mass is 367 g/mol. The summed E-state index contributed by atoms with van der Waals surface area (Å²) in [5, 5.41) is 3.74. The number of carbonyl (C=O) groups excluding carboxylic acids is 1. The Morgan fingerprint density at radius 2 is 2.08 bits per heavy atom. The summed E-state index contributed by atoms with van der Waals surface area (Å²) in [5.41, 5.74) is 0.191. The van der Waals surface area contributed by atoms with Crippen LogP contribution in [0.4, 0.5) is 13.9 Å². The molecule has 0 spiro atoms. The SMILES string of the molecule is O=C(NC1CCOCC1)C1CCN(c2nc3c(F)cc(F)cc3s2)C1. The molecule has 25 heavy (non-hydrogen) atoms. The summed E-state index contributed by atoms with van der Waals surface area (Å²) in [5.74, 6) is -1.29. The lowest BCUT2D eigenvalue weighted by atomic mass is 10.1. The fourth-order valence-electron chi connectivity index (χ4n) is 3.39. The zero-order chi connectivity index (χ0) is 17.4. The zero-order valence-electron chi connectivity index (χ0n) is 13.6. The first-order valence-corrected chi connectivity index (χ1v) is 9.30. The van der Waals surface area contributed by atoms with E-state index in [2.05, 4.69) is 10.3 Å². The van der Waals surface area contributed by atoms with Gasteiger partial charge in [-0.25, -0.2) is 13.8 Å². The minimum Gasteiger partial charge on any atom is -0.381 e. The van der Waals surface area contributed by atoms with E-state index in [0.717, 1.165) is 25.3 Å². The van der Waals surface area contributed by atoms with Gasteiger partial charge < -0.3 is 15.0 Å². The highest BCUT2D eigenvalue weighted by Gasteiger charge is 2.31. The maximum Gasteiger partial charge on any atom is 0.225 e. The highest BCUT2D eigenvalue weighted by Crippen LogP contribution is 2.33. The summed E-state index contributed by atoms with van der Waals surface area (Å²) in [4.78, 5) is 18.7. The van der Waals surface area contributed by atoms with E-state index in [1.54, 1.807) is 0 Å². The number of nitrogens with one attached hydrogen (secondary N) is 1. The standard InChI is InChI=1S/C17H19F2N3O2S/c18-11-7-13(19)15-14(8-11)25-17(21-15)22-4-1-10(9-22)16(23)20-12-2-5-24-6-3-12/h7-8,10,12H,1-6,9H2,(H,20,23). The van der Waals surface area contributed by atoms with Crippen molar-refractivity contribution >= 4 is 32.6 Å². The molecule has 1 unspecified atom stereocenters. The first-order chi connectivity index (χ1) is 12.1. The largest absolute Gasteiger partial charge is 0.381 e. The Labute approximate surface area is 148 Å². The average Bonchev–Trinajstić information content (AvgIpc) is 3.22. The van der Waals surface area contributed by atoms with Crippen LogP contribution in [0.2, 0.25) is 0 Å². The van der Waals surface area contributed by atoms with E-state index in [9.17, 15) is 13.6 Å². The Kier molecular flexibility index (Phi) is 4.56. The first kappa shape index (κ1) is 16.7. The summed E-state index contributed by atoms with van der Waals surface area (Å²) in [7, 11) is 0. The number of aromatic nitrogens is 1. The summed E-state index contributed by atoms with van der Waals surface area (Å²) in [6, 6.07) is 2.33. The van der Waals surface area contributed by atoms with Crippen molar-refractivity contribution in [1.29, 1.82) is 0 Å². The van der Waals surface area contributed by atoms with Gasteiger partial charge in [-0.1, -0.05) is 11.3 Å². The summed E-state index contributed by atoms with van der Waals surface area (Å²) in [6.45, 7) is 2.62. The van der Waals surface area contributed by atoms with Gasteiger partial charge in [0.1, 0.15) is 11.3 Å². The number of benzene rings is 1. The van der Waals surface area contributed by atoms with Crippen molar-refractivity contribution in [1.82, 2.24) is 10.3 Å². The summed E-state index contributed by atoms with van der Waals surface area (Å²) >= 11 is 1.26. The molecule has 2 saturated heterocycles. The number of nitrogens with zero attached hydrogens (tertiary/aromatic N) is 2. The summed E-state index contributed by atoms with van der Waals surface area (Å²) < 4.78 is 33.0. The molecule has 0 aliphatic carbocycles. The topological polar surface area (TPSA) is 54.5 Å². The number of halogens is 2. The molecule has 1 aromatic carbocycles. The van der Waals surface area contributed by atoms with Crippen LogP contribution in [0.3, 0.4) is 0 Å². The van der Waals surface area contributed by atoms with E-state index < -0.39 is 11.6 Å². The Hall–Kier alpha value is -1.80. The molecule has 4 rings (SSSR count). The number of ether oxygens (including phenoxy) is 1. The molecule has 1 amide bonds. The molecule has 1 N–H and O–H groups in total. The van der Waals surface area contributed by atoms with Crippen molar-refractivity contribution in [3.8, 4) is 0 Å². The van der Waals surface area contributed by atoms with E-state index in [4.69, 9.17) is 4.74 Å². The van der Waals surface area contributed by atoms with Gasteiger partial charge >= 0.3 is 0 Å². The van der Waals surface area contributed by atoms with Gasteiger partial charge in [0.15, 0.2) is 10.9 Å². The van der Waals surface area contributed by atoms with Gasteiger partial charge in [-0.2, -0.15) is 0 Å². The quantitative estimate of drug-likeness (QED) is 0.906. The summed E-state index contributed by atoms with van der Waals surface area (Å²) in [6.07, 6.45) is 2.44. The Bertz CT molecular complexity index is 792. The van der Waals surface area contributed by atoms with Crippen molar-refractivity contribution in [3.63, 3.8) is 0 Å². The Balaban J connectivity index is 1.43. The van der Waals surface area contributed by atoms with Crippen LogP contribution in [-0.4, -0.2) is 43.2 Å². The maximum atomic E-state index is 13.8. The number of carbonyl (C=O) groups is 1. The lowest BCUT2D eigenvalue weighted by Crippen LogP contribution is -2.42. The lowest BCUT2D eigenvalue weighted by Gasteiger charge is -2.24. The number of fused-ring (bicyclic) bond motifs is 1. The second-order valence-corrected chi connectivity index (χ2v) is 7.57. The third-order valence-electron chi connectivity index (χ3n) is 4.80. The van der Waals surface area contributed by atoms with E-state index in [-0.39, 0.29) is 23.4 Å². The molecule has 0 saturated carbocycles. The fourth-order valence-corrected chi connectivity index (χ4v) is 4.43. The minimum absolute atomic E-state index is 0.0627. The molecular weight excluding hydrogens is 348 g/mol. The molecule has 8 heteroatoms. The maximum absolute atomic E-state index is 13.8. The second-order valence-electron chi connectivity index (χ2n) is 6.56. The highest BCUT2D eigenvalue weighted by molar-refractivity contribution is 7.22. The molecule has 2 aromatic rings. The third kappa shape index (κ3) is 3.46. The third-order valence-corrected chi connectivity index (χ3v) is 5.86. The van der Waals surface area contributed by atoms with Crippen LogP contribution < -0.4 is 10.2 Å². The van der Waals surface area contributed by atoms with Crippen molar-refractivity contribution in [2.24, 2.45) is 5.92 Å². The number of amides is 1. The van der Waals surface area contributed by atoms with Gasteiger partial charge in [0, 0.05) is 38.4 Å². The molecule has 0 bridgehead atoms. The van der Waals surface area contributed by atoms with Crippen LogP contribution in [-0.2, 0) is 9.53 Å². The molecule has 0 radical (unpaired) electrons. The predicted octanol–water partition coefficient (Wildman–Crippen LogP) is 2.70.